The van der Waals surface area contributed by atoms with Gasteiger partial charge in [0.2, 0.25) is 17.7 Å². The number of benzene rings is 1. The Morgan fingerprint density at radius 1 is 0.719 bits per heavy atom. The molecular formula is C25H35N3O4. The Kier molecular flexibility index (Phi) is 7.66. The minimum Gasteiger partial charge on any atom is -0.493 e. The molecule has 0 radical (unpaired) electrons. The zero-order valence-corrected chi connectivity index (χ0v) is 18.9. The summed E-state index contributed by atoms with van der Waals surface area (Å²) in [6.45, 7) is 4.19. The highest BCUT2D eigenvalue weighted by Gasteiger charge is 2.34. The van der Waals surface area contributed by atoms with Gasteiger partial charge in [-0.25, -0.2) is 0 Å². The standard InChI is InChI=1S/C25H35N3O4/c29-23(12-19-32-22-8-2-1-3-9-22)26-13-10-21(11-14-26)25(31)28-17-15-27(16-18-28)24(30)20-6-4-5-7-20/h1-3,8-9,20-21H,4-7,10-19H2. The fourth-order valence-electron chi connectivity index (χ4n) is 5.14. The summed E-state index contributed by atoms with van der Waals surface area (Å²) in [7, 11) is 0. The largest absolute Gasteiger partial charge is 0.493 e. The van der Waals surface area contributed by atoms with Crippen LogP contribution in [0.4, 0.5) is 0 Å². The Balaban J connectivity index is 1.15. The summed E-state index contributed by atoms with van der Waals surface area (Å²) < 4.78 is 5.63. The summed E-state index contributed by atoms with van der Waals surface area (Å²) in [5.41, 5.74) is 0. The summed E-state index contributed by atoms with van der Waals surface area (Å²) in [6, 6.07) is 9.51. The lowest BCUT2D eigenvalue weighted by Crippen LogP contribution is -2.54. The number of hydrogen-bond acceptors (Lipinski definition) is 4. The van der Waals surface area contributed by atoms with E-state index in [1.807, 2.05) is 45.0 Å². The van der Waals surface area contributed by atoms with Gasteiger partial charge in [-0.3, -0.25) is 14.4 Å². The van der Waals surface area contributed by atoms with E-state index in [1.54, 1.807) is 0 Å². The highest BCUT2D eigenvalue weighted by Crippen LogP contribution is 2.27. The second-order valence-corrected chi connectivity index (χ2v) is 9.20. The number of amides is 3. The predicted octanol–water partition coefficient (Wildman–Crippen LogP) is 2.56. The van der Waals surface area contributed by atoms with E-state index in [9.17, 15) is 14.4 Å². The molecule has 1 aromatic rings. The molecule has 3 fully saturated rings. The molecule has 32 heavy (non-hydrogen) atoms. The highest BCUT2D eigenvalue weighted by molar-refractivity contribution is 5.82. The Labute approximate surface area is 190 Å². The second-order valence-electron chi connectivity index (χ2n) is 9.20. The van der Waals surface area contributed by atoms with Crippen LogP contribution in [0.3, 0.4) is 0 Å². The van der Waals surface area contributed by atoms with Crippen LogP contribution in [0.5, 0.6) is 5.75 Å². The molecule has 2 saturated heterocycles. The molecule has 4 rings (SSSR count). The number of ether oxygens (including phenoxy) is 1. The number of piperazine rings is 1. The number of carbonyl (C=O) groups is 3. The van der Waals surface area contributed by atoms with Gasteiger partial charge in [-0.15, -0.1) is 0 Å². The molecule has 3 aliphatic rings. The van der Waals surface area contributed by atoms with Gasteiger partial charge in [0.1, 0.15) is 5.75 Å². The molecule has 2 heterocycles. The predicted molar refractivity (Wildman–Crippen MR) is 121 cm³/mol. The van der Waals surface area contributed by atoms with Crippen molar-refractivity contribution in [3.05, 3.63) is 30.3 Å². The van der Waals surface area contributed by atoms with Crippen molar-refractivity contribution in [1.29, 1.82) is 0 Å². The van der Waals surface area contributed by atoms with E-state index in [0.29, 0.717) is 65.1 Å². The molecule has 1 saturated carbocycles. The molecule has 7 nitrogen and oxygen atoms in total. The van der Waals surface area contributed by atoms with Crippen molar-refractivity contribution in [3.63, 3.8) is 0 Å². The van der Waals surface area contributed by atoms with Gasteiger partial charge in [-0.1, -0.05) is 31.0 Å². The maximum atomic E-state index is 13.0. The van der Waals surface area contributed by atoms with Crippen LogP contribution in [0.2, 0.25) is 0 Å². The maximum Gasteiger partial charge on any atom is 0.225 e. The van der Waals surface area contributed by atoms with E-state index in [0.717, 1.165) is 31.4 Å². The molecule has 2 aliphatic heterocycles. The van der Waals surface area contributed by atoms with Crippen LogP contribution >= 0.6 is 0 Å². The van der Waals surface area contributed by atoms with Crippen molar-refractivity contribution in [1.82, 2.24) is 14.7 Å². The van der Waals surface area contributed by atoms with Gasteiger partial charge in [-0.2, -0.15) is 0 Å². The van der Waals surface area contributed by atoms with Crippen molar-refractivity contribution in [2.24, 2.45) is 11.8 Å². The van der Waals surface area contributed by atoms with Gasteiger partial charge >= 0.3 is 0 Å². The molecule has 0 atom stereocenters. The van der Waals surface area contributed by atoms with Crippen molar-refractivity contribution in [3.8, 4) is 5.75 Å². The number of hydrogen-bond donors (Lipinski definition) is 0. The summed E-state index contributed by atoms with van der Waals surface area (Å²) in [6.07, 6.45) is 6.15. The third-order valence-electron chi connectivity index (χ3n) is 7.13. The molecule has 0 spiro atoms. The first-order valence-electron chi connectivity index (χ1n) is 12.1. The molecule has 0 N–H and O–H groups in total. The number of rotatable bonds is 6. The smallest absolute Gasteiger partial charge is 0.225 e. The zero-order valence-electron chi connectivity index (χ0n) is 18.9. The van der Waals surface area contributed by atoms with Crippen molar-refractivity contribution < 1.29 is 19.1 Å². The fraction of sp³-hybridized carbons (Fsp3) is 0.640. The number of carbonyl (C=O) groups excluding carboxylic acids is 3. The molecule has 174 valence electrons. The van der Waals surface area contributed by atoms with Crippen LogP contribution in [0.25, 0.3) is 0 Å². The van der Waals surface area contributed by atoms with Crippen LogP contribution in [0.1, 0.15) is 44.9 Å². The van der Waals surface area contributed by atoms with Gasteiger partial charge in [0.25, 0.3) is 0 Å². The van der Waals surface area contributed by atoms with E-state index in [-0.39, 0.29) is 29.6 Å². The lowest BCUT2D eigenvalue weighted by molar-refractivity contribution is -0.146. The van der Waals surface area contributed by atoms with Crippen LogP contribution in [-0.2, 0) is 14.4 Å². The number of nitrogens with zero attached hydrogens (tertiary/aromatic N) is 3. The Bertz CT molecular complexity index is 778. The van der Waals surface area contributed by atoms with Crippen molar-refractivity contribution >= 4 is 17.7 Å². The van der Waals surface area contributed by atoms with Crippen LogP contribution in [-0.4, -0.2) is 78.3 Å². The van der Waals surface area contributed by atoms with Crippen molar-refractivity contribution in [2.45, 2.75) is 44.9 Å². The summed E-state index contributed by atoms with van der Waals surface area (Å²) >= 11 is 0. The molecule has 0 bridgehead atoms. The van der Waals surface area contributed by atoms with Crippen LogP contribution in [0, 0.1) is 11.8 Å². The first-order chi connectivity index (χ1) is 15.6. The molecule has 1 aliphatic carbocycles. The normalized spacial score (nSPS) is 20.4. The third kappa shape index (κ3) is 5.61. The molecule has 1 aromatic carbocycles. The van der Waals surface area contributed by atoms with Gasteiger partial charge in [-0.05, 0) is 37.8 Å². The van der Waals surface area contributed by atoms with E-state index in [4.69, 9.17) is 4.74 Å². The number of piperidine rings is 1. The summed E-state index contributed by atoms with van der Waals surface area (Å²) in [5, 5.41) is 0. The topological polar surface area (TPSA) is 70.2 Å². The van der Waals surface area contributed by atoms with Crippen LogP contribution in [0.15, 0.2) is 30.3 Å². The van der Waals surface area contributed by atoms with Gasteiger partial charge < -0.3 is 19.4 Å². The second kappa shape index (κ2) is 10.8. The van der Waals surface area contributed by atoms with E-state index < -0.39 is 0 Å². The maximum absolute atomic E-state index is 13.0. The van der Waals surface area contributed by atoms with E-state index in [2.05, 4.69) is 0 Å². The first kappa shape index (κ1) is 22.6. The third-order valence-corrected chi connectivity index (χ3v) is 7.13. The summed E-state index contributed by atoms with van der Waals surface area (Å²) in [5.74, 6) is 1.53. The Hall–Kier alpha value is -2.57. The Morgan fingerprint density at radius 2 is 1.25 bits per heavy atom. The number of likely N-dealkylation sites (tertiary alicyclic amines) is 1. The van der Waals surface area contributed by atoms with Gasteiger partial charge in [0, 0.05) is 51.1 Å². The lowest BCUT2D eigenvalue weighted by atomic mass is 9.94. The van der Waals surface area contributed by atoms with E-state index in [1.165, 1.54) is 0 Å². The molecule has 3 amide bonds. The molecule has 0 aromatic heterocycles. The average molecular weight is 442 g/mol. The fourth-order valence-corrected chi connectivity index (χ4v) is 5.14. The highest BCUT2D eigenvalue weighted by atomic mass is 16.5. The van der Waals surface area contributed by atoms with Gasteiger partial charge in [0.05, 0.1) is 13.0 Å². The molecular weight excluding hydrogens is 406 g/mol. The minimum absolute atomic E-state index is 0.0169. The SMILES string of the molecule is O=C(CCOc1ccccc1)N1CCC(C(=O)N2CCN(C(=O)C3CCCC3)CC2)CC1. The van der Waals surface area contributed by atoms with Crippen LogP contribution < -0.4 is 4.74 Å². The zero-order chi connectivity index (χ0) is 22.3. The number of para-hydroxylation sites is 1. The average Bonchev–Trinajstić information content (AvgIpc) is 3.39. The first-order valence-corrected chi connectivity index (χ1v) is 12.1. The monoisotopic (exact) mass is 441 g/mol. The van der Waals surface area contributed by atoms with Gasteiger partial charge in [0.15, 0.2) is 0 Å². The Morgan fingerprint density at radius 3 is 1.81 bits per heavy atom. The lowest BCUT2D eigenvalue weighted by Gasteiger charge is -2.39. The van der Waals surface area contributed by atoms with E-state index >= 15 is 0 Å². The summed E-state index contributed by atoms with van der Waals surface area (Å²) in [4.78, 5) is 43.8. The quantitative estimate of drug-likeness (QED) is 0.680. The molecule has 0 unspecified atom stereocenters. The van der Waals surface area contributed by atoms with Crippen molar-refractivity contribution in [2.75, 3.05) is 45.9 Å². The molecule has 7 heteroatoms. The minimum atomic E-state index is -0.0169.